The molecule has 0 aromatic heterocycles. The number of nitrogens with zero attached hydrogens (tertiary/aromatic N) is 1. The minimum Gasteiger partial charge on any atom is -0.488 e. The summed E-state index contributed by atoms with van der Waals surface area (Å²) in [7, 11) is 1.32. The fourth-order valence-corrected chi connectivity index (χ4v) is 2.31. The molecule has 0 fully saturated rings. The van der Waals surface area contributed by atoms with Crippen LogP contribution in [0.3, 0.4) is 0 Å². The molecule has 0 saturated carbocycles. The van der Waals surface area contributed by atoms with E-state index in [1.54, 1.807) is 20.8 Å². The molecule has 1 heterocycles. The first kappa shape index (κ1) is 18.9. The number of para-hydroxylation sites is 1. The summed E-state index contributed by atoms with van der Waals surface area (Å²) in [6.07, 6.45) is -5.49. The topological polar surface area (TPSA) is 67.9 Å². The van der Waals surface area contributed by atoms with Crippen LogP contribution in [0.2, 0.25) is 0 Å². The highest BCUT2D eigenvalue weighted by Gasteiger charge is 2.39. The van der Waals surface area contributed by atoms with Gasteiger partial charge in [-0.2, -0.15) is 13.2 Å². The highest BCUT2D eigenvalue weighted by atomic mass is 19.4. The van der Waals surface area contributed by atoms with Gasteiger partial charge in [0.2, 0.25) is 0 Å². The Morgan fingerprint density at radius 1 is 1.32 bits per heavy atom. The van der Waals surface area contributed by atoms with Crippen molar-refractivity contribution in [2.24, 2.45) is 0 Å². The third-order valence-electron chi connectivity index (χ3n) is 3.37. The maximum absolute atomic E-state index is 13.2. The molecule has 0 spiro atoms. The zero-order valence-corrected chi connectivity index (χ0v) is 14.2. The number of amides is 2. The molecule has 2 amide bonds. The van der Waals surface area contributed by atoms with Gasteiger partial charge in [0.05, 0.1) is 11.3 Å². The Balaban J connectivity index is 2.28. The van der Waals surface area contributed by atoms with Gasteiger partial charge in [-0.1, -0.05) is 6.07 Å². The minimum atomic E-state index is -4.63. The molecule has 0 bridgehead atoms. The fourth-order valence-electron chi connectivity index (χ4n) is 2.31. The molecule has 0 aliphatic carbocycles. The summed E-state index contributed by atoms with van der Waals surface area (Å²) < 4.78 is 49.8. The van der Waals surface area contributed by atoms with Crippen molar-refractivity contribution in [3.05, 3.63) is 23.8 Å². The van der Waals surface area contributed by atoms with Gasteiger partial charge >= 0.3 is 12.3 Å². The second-order valence-electron chi connectivity index (χ2n) is 6.56. The second kappa shape index (κ2) is 6.45. The minimum absolute atomic E-state index is 0.0201. The number of carbonyl (C=O) groups excluding carboxylic acids is 2. The van der Waals surface area contributed by atoms with Crippen LogP contribution >= 0.6 is 0 Å². The van der Waals surface area contributed by atoms with Crippen molar-refractivity contribution in [2.75, 3.05) is 18.6 Å². The third kappa shape index (κ3) is 4.34. The van der Waals surface area contributed by atoms with Crippen LogP contribution in [0.15, 0.2) is 18.2 Å². The molecule has 9 heteroatoms. The van der Waals surface area contributed by atoms with Crippen molar-refractivity contribution in [2.45, 2.75) is 38.6 Å². The lowest BCUT2D eigenvalue weighted by molar-refractivity contribution is -0.138. The molecular formula is C16H19F3N2O4. The number of hydrogen-bond donors (Lipinski definition) is 1. The number of anilines is 1. The number of alkyl halides is 3. The van der Waals surface area contributed by atoms with Crippen LogP contribution in [-0.2, 0) is 15.7 Å². The Hall–Kier alpha value is -2.45. The van der Waals surface area contributed by atoms with Gasteiger partial charge in [-0.05, 0) is 32.9 Å². The van der Waals surface area contributed by atoms with E-state index in [-0.39, 0.29) is 5.69 Å². The van der Waals surface area contributed by atoms with E-state index < -0.39 is 47.7 Å². The number of likely N-dealkylation sites (N-methyl/N-ethyl adjacent to an activating group) is 1. The van der Waals surface area contributed by atoms with E-state index in [1.807, 2.05) is 0 Å². The van der Waals surface area contributed by atoms with Gasteiger partial charge < -0.3 is 19.7 Å². The highest BCUT2D eigenvalue weighted by Crippen LogP contribution is 2.42. The molecule has 1 N–H and O–H groups in total. The molecule has 138 valence electrons. The van der Waals surface area contributed by atoms with E-state index in [0.717, 1.165) is 11.0 Å². The standard InChI is InChI=1S/C16H19F3N2O4/c1-15(2,3)25-14(23)20-10-8-24-12-9(16(17,18)19)6-5-7-11(12)21(4)13(10)22/h5-7,10H,8H2,1-4H3,(H,20,23)/t10-/m0/s1. The van der Waals surface area contributed by atoms with Gasteiger partial charge in [-0.3, -0.25) is 4.79 Å². The van der Waals surface area contributed by atoms with Gasteiger partial charge in [0.15, 0.2) is 5.75 Å². The largest absolute Gasteiger partial charge is 0.488 e. The summed E-state index contributed by atoms with van der Waals surface area (Å²) in [6, 6.07) is 2.24. The monoisotopic (exact) mass is 360 g/mol. The molecule has 1 aliphatic rings. The lowest BCUT2D eigenvalue weighted by atomic mass is 10.1. The molecule has 1 atom stereocenters. The zero-order valence-electron chi connectivity index (χ0n) is 14.2. The van der Waals surface area contributed by atoms with E-state index >= 15 is 0 Å². The lowest BCUT2D eigenvalue weighted by Crippen LogP contribution is -2.50. The van der Waals surface area contributed by atoms with Crippen molar-refractivity contribution in [3.8, 4) is 5.75 Å². The molecule has 2 rings (SSSR count). The predicted molar refractivity (Wildman–Crippen MR) is 83.5 cm³/mol. The van der Waals surface area contributed by atoms with Crippen LogP contribution in [0, 0.1) is 0 Å². The molecule has 1 aliphatic heterocycles. The van der Waals surface area contributed by atoms with Crippen molar-refractivity contribution in [1.82, 2.24) is 5.32 Å². The third-order valence-corrected chi connectivity index (χ3v) is 3.37. The number of carbonyl (C=O) groups is 2. The molecular weight excluding hydrogens is 341 g/mol. The molecule has 25 heavy (non-hydrogen) atoms. The van der Waals surface area contributed by atoms with Crippen molar-refractivity contribution >= 4 is 17.7 Å². The number of nitrogens with one attached hydrogen (secondary N) is 1. The van der Waals surface area contributed by atoms with Gasteiger partial charge in [-0.25, -0.2) is 4.79 Å². The fraction of sp³-hybridized carbons (Fsp3) is 0.500. The van der Waals surface area contributed by atoms with E-state index in [2.05, 4.69) is 5.32 Å². The molecule has 0 saturated heterocycles. The van der Waals surface area contributed by atoms with Crippen LogP contribution in [0.4, 0.5) is 23.7 Å². The average Bonchev–Trinajstić information content (AvgIpc) is 2.56. The molecule has 1 aromatic carbocycles. The van der Waals surface area contributed by atoms with E-state index in [4.69, 9.17) is 9.47 Å². The Morgan fingerprint density at radius 2 is 1.96 bits per heavy atom. The van der Waals surface area contributed by atoms with Gasteiger partial charge in [0.25, 0.3) is 5.91 Å². The number of rotatable bonds is 1. The number of benzene rings is 1. The number of alkyl carbamates (subject to hydrolysis) is 1. The van der Waals surface area contributed by atoms with E-state index in [9.17, 15) is 22.8 Å². The molecule has 1 aromatic rings. The van der Waals surface area contributed by atoms with Crippen LogP contribution in [0.1, 0.15) is 26.3 Å². The van der Waals surface area contributed by atoms with Gasteiger partial charge in [0, 0.05) is 7.05 Å². The quantitative estimate of drug-likeness (QED) is 0.836. The van der Waals surface area contributed by atoms with Crippen molar-refractivity contribution in [1.29, 1.82) is 0 Å². The maximum Gasteiger partial charge on any atom is 0.420 e. The Labute approximate surface area is 142 Å². The predicted octanol–water partition coefficient (Wildman–Crippen LogP) is 2.95. The number of ether oxygens (including phenoxy) is 2. The highest BCUT2D eigenvalue weighted by molar-refractivity contribution is 6.00. The van der Waals surface area contributed by atoms with Crippen LogP contribution in [-0.4, -0.2) is 37.3 Å². The summed E-state index contributed by atoms with van der Waals surface area (Å²) >= 11 is 0. The molecule has 0 unspecified atom stereocenters. The number of fused-ring (bicyclic) bond motifs is 1. The van der Waals surface area contributed by atoms with Crippen LogP contribution < -0.4 is 15.0 Å². The summed E-state index contributed by atoms with van der Waals surface area (Å²) in [5.41, 5.74) is -1.78. The Kier molecular flexibility index (Phi) is 4.87. The Morgan fingerprint density at radius 3 is 2.52 bits per heavy atom. The summed E-state index contributed by atoms with van der Waals surface area (Å²) in [5, 5.41) is 2.33. The number of halogens is 3. The number of hydrogen-bond acceptors (Lipinski definition) is 4. The summed E-state index contributed by atoms with van der Waals surface area (Å²) in [5.74, 6) is -1.05. The molecule has 6 nitrogen and oxygen atoms in total. The Bertz CT molecular complexity index is 683. The second-order valence-corrected chi connectivity index (χ2v) is 6.56. The smallest absolute Gasteiger partial charge is 0.420 e. The van der Waals surface area contributed by atoms with Gasteiger partial charge in [-0.15, -0.1) is 0 Å². The lowest BCUT2D eigenvalue weighted by Gasteiger charge is -2.23. The summed E-state index contributed by atoms with van der Waals surface area (Å²) in [6.45, 7) is 4.50. The SMILES string of the molecule is CN1C(=O)[C@@H](NC(=O)OC(C)(C)C)COc2c1cccc2C(F)(F)F. The first-order valence-corrected chi connectivity index (χ1v) is 7.50. The first-order chi connectivity index (χ1) is 11.4. The van der Waals surface area contributed by atoms with E-state index in [1.165, 1.54) is 19.2 Å². The average molecular weight is 360 g/mol. The van der Waals surface area contributed by atoms with Gasteiger partial charge in [0.1, 0.15) is 18.2 Å². The van der Waals surface area contributed by atoms with Crippen LogP contribution in [0.25, 0.3) is 0 Å². The maximum atomic E-state index is 13.2. The normalized spacial score (nSPS) is 18.1. The van der Waals surface area contributed by atoms with Crippen molar-refractivity contribution < 1.29 is 32.2 Å². The van der Waals surface area contributed by atoms with E-state index in [0.29, 0.717) is 0 Å². The van der Waals surface area contributed by atoms with Crippen molar-refractivity contribution in [3.63, 3.8) is 0 Å². The zero-order chi connectivity index (χ0) is 19.0. The van der Waals surface area contributed by atoms with Crippen LogP contribution in [0.5, 0.6) is 5.75 Å². The molecule has 0 radical (unpaired) electrons. The first-order valence-electron chi connectivity index (χ1n) is 7.50. The summed E-state index contributed by atoms with van der Waals surface area (Å²) in [4.78, 5) is 25.3.